The third-order valence-electron chi connectivity index (χ3n) is 5.00. The van der Waals surface area contributed by atoms with E-state index in [2.05, 4.69) is 34.7 Å². The normalized spacial score (nSPS) is 30.4. The van der Waals surface area contributed by atoms with Gasteiger partial charge in [-0.15, -0.1) is 11.3 Å². The average Bonchev–Trinajstić information content (AvgIpc) is 2.84. The highest BCUT2D eigenvalue weighted by atomic mass is 35.5. The largest absolute Gasteiger partial charge is 0.316 e. The van der Waals surface area contributed by atoms with Gasteiger partial charge in [0.25, 0.3) is 0 Å². The molecule has 4 rings (SSSR count). The topological polar surface area (TPSA) is 24.9 Å². The van der Waals surface area contributed by atoms with Crippen molar-refractivity contribution < 1.29 is 0 Å². The highest BCUT2D eigenvalue weighted by molar-refractivity contribution is 7.09. The lowest BCUT2D eigenvalue weighted by Gasteiger charge is -2.16. The zero-order valence-electron chi connectivity index (χ0n) is 11.7. The molecule has 5 heteroatoms. The number of nitrogens with one attached hydrogen (secondary N) is 1. The molecule has 0 spiro atoms. The molecule has 2 heterocycles. The number of benzene rings is 1. The second kappa shape index (κ2) is 4.95. The van der Waals surface area contributed by atoms with Crippen molar-refractivity contribution in [3.05, 3.63) is 49.9 Å². The molecular formula is C16H16Cl2N2S. The third-order valence-corrected chi connectivity index (χ3v) is 6.73. The van der Waals surface area contributed by atoms with E-state index in [4.69, 9.17) is 23.2 Å². The van der Waals surface area contributed by atoms with Crippen LogP contribution in [0.2, 0.25) is 10.0 Å². The Labute approximate surface area is 138 Å². The minimum absolute atomic E-state index is 0.230. The summed E-state index contributed by atoms with van der Waals surface area (Å²) in [4.78, 5) is 4.63. The minimum atomic E-state index is 0.230. The summed E-state index contributed by atoms with van der Waals surface area (Å²) < 4.78 is 0. The van der Waals surface area contributed by atoms with Crippen molar-refractivity contribution in [3.8, 4) is 0 Å². The van der Waals surface area contributed by atoms with Gasteiger partial charge in [0.05, 0.1) is 15.1 Å². The average molecular weight is 339 g/mol. The molecule has 2 fully saturated rings. The number of aryl methyl sites for hydroxylation is 1. The van der Waals surface area contributed by atoms with Gasteiger partial charge in [-0.05, 0) is 43.0 Å². The smallest absolute Gasteiger partial charge is 0.0931 e. The van der Waals surface area contributed by atoms with Crippen LogP contribution in [0.1, 0.15) is 16.3 Å². The van der Waals surface area contributed by atoms with Gasteiger partial charge in [0, 0.05) is 29.5 Å². The highest BCUT2D eigenvalue weighted by Gasteiger charge is 2.67. The first-order valence-corrected chi connectivity index (χ1v) is 8.82. The second-order valence-corrected chi connectivity index (χ2v) is 7.86. The summed E-state index contributed by atoms with van der Waals surface area (Å²) in [6.45, 7) is 4.18. The van der Waals surface area contributed by atoms with Crippen molar-refractivity contribution in [2.75, 3.05) is 13.1 Å². The van der Waals surface area contributed by atoms with Crippen LogP contribution < -0.4 is 5.32 Å². The van der Waals surface area contributed by atoms with E-state index in [1.54, 1.807) is 11.3 Å². The van der Waals surface area contributed by atoms with Crippen LogP contribution in [0.25, 0.3) is 0 Å². The molecule has 1 aromatic heterocycles. The Kier molecular flexibility index (Phi) is 3.30. The standard InChI is InChI=1S/C16H16Cl2N2S/c1-9-7-21-15(20-9)5-11-12-6-19-8-16(11,12)10-2-3-13(17)14(18)4-10/h2-4,7,11-12,19H,5-6,8H2,1H3. The molecule has 3 atom stereocenters. The molecule has 1 aromatic carbocycles. The predicted molar refractivity (Wildman–Crippen MR) is 88.5 cm³/mol. The van der Waals surface area contributed by atoms with E-state index in [9.17, 15) is 0 Å². The van der Waals surface area contributed by atoms with Crippen LogP contribution in [-0.2, 0) is 11.8 Å². The number of aromatic nitrogens is 1. The predicted octanol–water partition coefficient (Wildman–Crippen LogP) is 4.09. The van der Waals surface area contributed by atoms with E-state index >= 15 is 0 Å². The Bertz CT molecular complexity index is 699. The van der Waals surface area contributed by atoms with E-state index in [-0.39, 0.29) is 5.41 Å². The number of halogens is 2. The van der Waals surface area contributed by atoms with Gasteiger partial charge in [0.2, 0.25) is 0 Å². The van der Waals surface area contributed by atoms with Gasteiger partial charge in [-0.25, -0.2) is 4.98 Å². The number of hydrogen-bond acceptors (Lipinski definition) is 3. The van der Waals surface area contributed by atoms with E-state index in [1.807, 2.05) is 6.07 Å². The van der Waals surface area contributed by atoms with Crippen LogP contribution in [0.5, 0.6) is 0 Å². The number of fused-ring (bicyclic) bond motifs is 1. The SMILES string of the molecule is Cc1csc(CC2C3CNCC32c2ccc(Cl)c(Cl)c2)n1. The number of rotatable bonds is 3. The van der Waals surface area contributed by atoms with Crippen molar-refractivity contribution >= 4 is 34.5 Å². The zero-order valence-corrected chi connectivity index (χ0v) is 14.0. The summed E-state index contributed by atoms with van der Waals surface area (Å²) in [5, 5.41) is 8.20. The maximum absolute atomic E-state index is 6.22. The van der Waals surface area contributed by atoms with Gasteiger partial charge in [0.15, 0.2) is 0 Å². The Morgan fingerprint density at radius 1 is 1.38 bits per heavy atom. The third kappa shape index (κ3) is 2.14. The van der Waals surface area contributed by atoms with E-state index in [1.165, 1.54) is 10.6 Å². The number of piperidine rings is 1. The molecule has 1 aliphatic heterocycles. The molecule has 2 aromatic rings. The molecule has 1 aliphatic carbocycles. The Balaban J connectivity index is 1.64. The first-order chi connectivity index (χ1) is 10.1. The summed E-state index contributed by atoms with van der Waals surface area (Å²) >= 11 is 14.1. The monoisotopic (exact) mass is 338 g/mol. The van der Waals surface area contributed by atoms with Crippen molar-refractivity contribution in [1.29, 1.82) is 0 Å². The molecule has 0 radical (unpaired) electrons. The van der Waals surface area contributed by atoms with E-state index in [0.29, 0.717) is 21.9 Å². The van der Waals surface area contributed by atoms with E-state index in [0.717, 1.165) is 25.2 Å². The van der Waals surface area contributed by atoms with Crippen molar-refractivity contribution in [1.82, 2.24) is 10.3 Å². The molecule has 1 saturated heterocycles. The minimum Gasteiger partial charge on any atom is -0.316 e. The first kappa shape index (κ1) is 14.0. The fourth-order valence-electron chi connectivity index (χ4n) is 3.95. The van der Waals surface area contributed by atoms with E-state index < -0.39 is 0 Å². The second-order valence-electron chi connectivity index (χ2n) is 6.10. The summed E-state index contributed by atoms with van der Waals surface area (Å²) in [5.74, 6) is 1.36. The molecule has 1 saturated carbocycles. The quantitative estimate of drug-likeness (QED) is 0.911. The number of hydrogen-bond donors (Lipinski definition) is 1. The van der Waals surface area contributed by atoms with Crippen molar-refractivity contribution in [3.63, 3.8) is 0 Å². The fourth-order valence-corrected chi connectivity index (χ4v) is 5.08. The number of thiazole rings is 1. The van der Waals surface area contributed by atoms with Crippen molar-refractivity contribution in [2.24, 2.45) is 11.8 Å². The summed E-state index contributed by atoms with van der Waals surface area (Å²) in [5.41, 5.74) is 2.68. The molecule has 1 N–H and O–H groups in total. The van der Waals surface area contributed by atoms with Gasteiger partial charge in [0.1, 0.15) is 0 Å². The van der Waals surface area contributed by atoms with Crippen LogP contribution in [0.15, 0.2) is 23.6 Å². The molecule has 21 heavy (non-hydrogen) atoms. The number of nitrogens with zero attached hydrogens (tertiary/aromatic N) is 1. The van der Waals surface area contributed by atoms with Crippen LogP contribution in [-0.4, -0.2) is 18.1 Å². The van der Waals surface area contributed by atoms with Gasteiger partial charge < -0.3 is 5.32 Å². The lowest BCUT2D eigenvalue weighted by Crippen LogP contribution is -2.24. The Morgan fingerprint density at radius 3 is 2.95 bits per heavy atom. The van der Waals surface area contributed by atoms with Gasteiger partial charge in [-0.2, -0.15) is 0 Å². The maximum Gasteiger partial charge on any atom is 0.0931 e. The molecule has 3 unspecified atom stereocenters. The lowest BCUT2D eigenvalue weighted by molar-refractivity contribution is 0.555. The molecule has 0 amide bonds. The van der Waals surface area contributed by atoms with Gasteiger partial charge >= 0.3 is 0 Å². The Morgan fingerprint density at radius 2 is 2.24 bits per heavy atom. The lowest BCUT2D eigenvalue weighted by atomic mass is 9.92. The van der Waals surface area contributed by atoms with Crippen LogP contribution in [0, 0.1) is 18.8 Å². The maximum atomic E-state index is 6.22. The highest BCUT2D eigenvalue weighted by Crippen LogP contribution is 2.63. The molecular weight excluding hydrogens is 323 g/mol. The summed E-state index contributed by atoms with van der Waals surface area (Å²) in [7, 11) is 0. The van der Waals surface area contributed by atoms with Gasteiger partial charge in [-0.1, -0.05) is 29.3 Å². The molecule has 0 bridgehead atoms. The van der Waals surface area contributed by atoms with Crippen LogP contribution in [0.3, 0.4) is 0 Å². The summed E-state index contributed by atoms with van der Waals surface area (Å²) in [6, 6.07) is 6.12. The van der Waals surface area contributed by atoms with Crippen molar-refractivity contribution in [2.45, 2.75) is 18.8 Å². The van der Waals surface area contributed by atoms with Crippen LogP contribution >= 0.6 is 34.5 Å². The molecule has 2 aliphatic rings. The van der Waals surface area contributed by atoms with Crippen LogP contribution in [0.4, 0.5) is 0 Å². The molecule has 2 nitrogen and oxygen atoms in total. The molecule has 110 valence electrons. The van der Waals surface area contributed by atoms with Gasteiger partial charge in [-0.3, -0.25) is 0 Å². The summed E-state index contributed by atoms with van der Waals surface area (Å²) in [6.07, 6.45) is 1.07. The Hall–Kier alpha value is -0.610. The fraction of sp³-hybridized carbons (Fsp3) is 0.438. The first-order valence-electron chi connectivity index (χ1n) is 7.18. The zero-order chi connectivity index (χ0) is 14.6.